The third kappa shape index (κ3) is 4.43. The summed E-state index contributed by atoms with van der Waals surface area (Å²) < 4.78 is 0. The maximum Gasteiger partial charge on any atom is 0.223 e. The molecule has 0 radical (unpaired) electrons. The minimum absolute atomic E-state index is 0.332. The van der Waals surface area contributed by atoms with Gasteiger partial charge in [0.25, 0.3) is 0 Å². The van der Waals surface area contributed by atoms with Crippen LogP contribution in [0.1, 0.15) is 26.2 Å². The van der Waals surface area contributed by atoms with E-state index < -0.39 is 0 Å². The van der Waals surface area contributed by atoms with Crippen molar-refractivity contribution in [2.45, 2.75) is 32.2 Å². The van der Waals surface area contributed by atoms with Gasteiger partial charge in [0.05, 0.1) is 0 Å². The molecule has 5 heteroatoms. The van der Waals surface area contributed by atoms with E-state index in [1.54, 1.807) is 0 Å². The highest BCUT2D eigenvalue weighted by Crippen LogP contribution is 2.13. The van der Waals surface area contributed by atoms with Crippen molar-refractivity contribution in [2.24, 2.45) is 0 Å². The van der Waals surface area contributed by atoms with Crippen LogP contribution in [0.2, 0.25) is 0 Å². The van der Waals surface area contributed by atoms with Crippen molar-refractivity contribution in [1.82, 2.24) is 20.0 Å². The van der Waals surface area contributed by atoms with E-state index in [0.717, 1.165) is 45.8 Å². The molecule has 2 heterocycles. The summed E-state index contributed by atoms with van der Waals surface area (Å²) in [6.45, 7) is 10.3. The van der Waals surface area contributed by atoms with Gasteiger partial charge in [0.2, 0.25) is 5.91 Å². The minimum atomic E-state index is 0.332. The number of likely N-dealkylation sites (N-methyl/N-ethyl adjacent to an activating group) is 1. The molecule has 5 nitrogen and oxygen atoms in total. The Morgan fingerprint density at radius 3 is 2.65 bits per heavy atom. The summed E-state index contributed by atoms with van der Waals surface area (Å²) in [5.74, 6) is 0.332. The summed E-state index contributed by atoms with van der Waals surface area (Å²) in [6.07, 6.45) is 3.07. The molecule has 0 aromatic heterocycles. The fourth-order valence-corrected chi connectivity index (χ4v) is 3.29. The van der Waals surface area contributed by atoms with Crippen LogP contribution in [0.5, 0.6) is 0 Å². The van der Waals surface area contributed by atoms with Gasteiger partial charge >= 0.3 is 0 Å². The second-order valence-corrected chi connectivity index (χ2v) is 6.09. The molecule has 2 rings (SSSR count). The molecule has 1 amide bonds. The molecule has 0 spiro atoms. The number of rotatable bonds is 4. The normalized spacial score (nSPS) is 26.5. The van der Waals surface area contributed by atoms with Crippen LogP contribution in [0.25, 0.3) is 0 Å². The predicted octanol–water partition coefficient (Wildman–Crippen LogP) is 0.224. The maximum atomic E-state index is 12.2. The topological polar surface area (TPSA) is 38.8 Å². The number of carbonyl (C=O) groups is 1. The first-order chi connectivity index (χ1) is 9.70. The lowest BCUT2D eigenvalue weighted by Gasteiger charge is -2.32. The monoisotopic (exact) mass is 282 g/mol. The van der Waals surface area contributed by atoms with Crippen molar-refractivity contribution in [3.63, 3.8) is 0 Å². The number of amides is 1. The Bertz CT molecular complexity index is 304. The first-order valence-corrected chi connectivity index (χ1v) is 8.11. The second kappa shape index (κ2) is 7.96. The summed E-state index contributed by atoms with van der Waals surface area (Å²) in [4.78, 5) is 19.2. The zero-order valence-corrected chi connectivity index (χ0v) is 13.1. The Kier molecular flexibility index (Phi) is 6.26. The smallest absolute Gasteiger partial charge is 0.223 e. The zero-order valence-electron chi connectivity index (χ0n) is 13.1. The van der Waals surface area contributed by atoms with Crippen LogP contribution in [0.4, 0.5) is 0 Å². The first-order valence-electron chi connectivity index (χ1n) is 8.11. The molecule has 2 aliphatic heterocycles. The van der Waals surface area contributed by atoms with E-state index in [4.69, 9.17) is 0 Å². The van der Waals surface area contributed by atoms with Crippen LogP contribution < -0.4 is 5.32 Å². The Morgan fingerprint density at radius 1 is 1.20 bits per heavy atom. The van der Waals surface area contributed by atoms with Gasteiger partial charge in [-0.1, -0.05) is 6.92 Å². The third-order valence-corrected chi connectivity index (χ3v) is 4.58. The molecule has 2 aliphatic rings. The Balaban J connectivity index is 1.80. The van der Waals surface area contributed by atoms with Crippen molar-refractivity contribution in [3.8, 4) is 0 Å². The highest BCUT2D eigenvalue weighted by molar-refractivity contribution is 5.76. The highest BCUT2D eigenvalue weighted by Gasteiger charge is 2.23. The number of carbonyl (C=O) groups excluding carboxylic acids is 1. The molecule has 0 aromatic rings. The van der Waals surface area contributed by atoms with Crippen LogP contribution >= 0.6 is 0 Å². The van der Waals surface area contributed by atoms with Gasteiger partial charge in [0, 0.05) is 51.7 Å². The quantitative estimate of drug-likeness (QED) is 0.801. The standard InChI is InChI=1S/C15H30N4O/c1-3-14-13-17(2)8-4-9-18(14)10-5-15(20)19-11-6-16-7-12-19/h14,16H,3-13H2,1-2H3. The Labute approximate surface area is 123 Å². The predicted molar refractivity (Wildman–Crippen MR) is 81.8 cm³/mol. The van der Waals surface area contributed by atoms with Gasteiger partial charge in [-0.15, -0.1) is 0 Å². The van der Waals surface area contributed by atoms with E-state index in [-0.39, 0.29) is 0 Å². The maximum absolute atomic E-state index is 12.2. The van der Waals surface area contributed by atoms with Crippen LogP contribution in [0, 0.1) is 0 Å². The molecular weight excluding hydrogens is 252 g/mol. The van der Waals surface area contributed by atoms with Gasteiger partial charge < -0.3 is 15.1 Å². The third-order valence-electron chi connectivity index (χ3n) is 4.58. The fraction of sp³-hybridized carbons (Fsp3) is 0.933. The number of piperazine rings is 1. The molecule has 0 aliphatic carbocycles. The number of nitrogens with one attached hydrogen (secondary N) is 1. The van der Waals surface area contributed by atoms with Crippen molar-refractivity contribution in [2.75, 3.05) is 59.4 Å². The summed E-state index contributed by atoms with van der Waals surface area (Å²) >= 11 is 0. The molecule has 1 unspecified atom stereocenters. The largest absolute Gasteiger partial charge is 0.340 e. The summed E-state index contributed by atoms with van der Waals surface area (Å²) in [6, 6.07) is 0.610. The van der Waals surface area contributed by atoms with E-state index >= 15 is 0 Å². The van der Waals surface area contributed by atoms with Crippen LogP contribution in [0.15, 0.2) is 0 Å². The lowest BCUT2D eigenvalue weighted by molar-refractivity contribution is -0.132. The van der Waals surface area contributed by atoms with Crippen molar-refractivity contribution < 1.29 is 4.79 Å². The molecule has 0 saturated carbocycles. The van der Waals surface area contributed by atoms with Gasteiger partial charge in [-0.25, -0.2) is 0 Å². The molecule has 0 bridgehead atoms. The second-order valence-electron chi connectivity index (χ2n) is 6.09. The van der Waals surface area contributed by atoms with E-state index in [1.807, 2.05) is 4.90 Å². The SMILES string of the molecule is CCC1CN(C)CCCN1CCC(=O)N1CCNCC1. The summed E-state index contributed by atoms with van der Waals surface area (Å²) in [5, 5.41) is 3.29. The van der Waals surface area contributed by atoms with Crippen molar-refractivity contribution in [3.05, 3.63) is 0 Å². The van der Waals surface area contributed by atoms with Gasteiger partial charge in [0.1, 0.15) is 0 Å². The van der Waals surface area contributed by atoms with Crippen molar-refractivity contribution in [1.29, 1.82) is 0 Å². The minimum Gasteiger partial charge on any atom is -0.340 e. The Hall–Kier alpha value is -0.650. The van der Waals surface area contributed by atoms with Crippen LogP contribution in [-0.2, 0) is 4.79 Å². The number of hydrogen-bond acceptors (Lipinski definition) is 4. The zero-order chi connectivity index (χ0) is 14.4. The number of hydrogen-bond donors (Lipinski definition) is 1. The lowest BCUT2D eigenvalue weighted by atomic mass is 10.1. The van der Waals surface area contributed by atoms with Gasteiger partial charge in [-0.05, 0) is 33.0 Å². The molecule has 1 atom stereocenters. The van der Waals surface area contributed by atoms with E-state index in [1.165, 1.54) is 19.4 Å². The highest BCUT2D eigenvalue weighted by atomic mass is 16.2. The van der Waals surface area contributed by atoms with Gasteiger partial charge in [-0.3, -0.25) is 9.69 Å². The first kappa shape index (κ1) is 15.7. The molecule has 2 saturated heterocycles. The number of nitrogens with zero attached hydrogens (tertiary/aromatic N) is 3. The molecule has 116 valence electrons. The molecule has 20 heavy (non-hydrogen) atoms. The molecule has 2 fully saturated rings. The summed E-state index contributed by atoms with van der Waals surface area (Å²) in [7, 11) is 2.21. The van der Waals surface area contributed by atoms with Gasteiger partial charge in [-0.2, -0.15) is 0 Å². The van der Waals surface area contributed by atoms with Crippen LogP contribution in [0.3, 0.4) is 0 Å². The molecular formula is C15H30N4O. The van der Waals surface area contributed by atoms with Crippen LogP contribution in [-0.4, -0.2) is 86.1 Å². The lowest BCUT2D eigenvalue weighted by Crippen LogP contribution is -2.47. The Morgan fingerprint density at radius 2 is 1.95 bits per heavy atom. The molecule has 1 N–H and O–H groups in total. The fourth-order valence-electron chi connectivity index (χ4n) is 3.29. The van der Waals surface area contributed by atoms with Gasteiger partial charge in [0.15, 0.2) is 0 Å². The molecule has 0 aromatic carbocycles. The average Bonchev–Trinajstić information content (AvgIpc) is 2.66. The van der Waals surface area contributed by atoms with Crippen molar-refractivity contribution >= 4 is 5.91 Å². The van der Waals surface area contributed by atoms with E-state index in [0.29, 0.717) is 18.4 Å². The average molecular weight is 282 g/mol. The summed E-state index contributed by atoms with van der Waals surface area (Å²) in [5.41, 5.74) is 0. The van der Waals surface area contributed by atoms with E-state index in [2.05, 4.69) is 29.1 Å². The van der Waals surface area contributed by atoms with E-state index in [9.17, 15) is 4.79 Å².